The molecular weight excluding hydrogens is 1030 g/mol. The fraction of sp³-hybridized carbons (Fsp3) is 0. The summed E-state index contributed by atoms with van der Waals surface area (Å²) in [6, 6.07) is 5.19. The standard InChI is InChI=1S/C13H4I6O5S/c14-4-1-5(9(18)6(15)2-4)13(20)24-11-7(16)3-8(17)12(10(11)19)25(21,22)23/h1-3H,(H,21,22,23). The van der Waals surface area contributed by atoms with E-state index in [1.54, 1.807) is 34.7 Å². The Bertz CT molecular complexity index is 989. The topological polar surface area (TPSA) is 80.7 Å². The summed E-state index contributed by atoms with van der Waals surface area (Å²) in [6.45, 7) is 0. The van der Waals surface area contributed by atoms with E-state index in [1.165, 1.54) is 0 Å². The Morgan fingerprint density at radius 2 is 1.48 bits per heavy atom. The third kappa shape index (κ3) is 5.63. The number of carbonyl (C=O) groups is 1. The molecule has 0 atom stereocenters. The Morgan fingerprint density at radius 1 is 0.880 bits per heavy atom. The summed E-state index contributed by atoms with van der Waals surface area (Å²) in [5.41, 5.74) is 0.399. The van der Waals surface area contributed by atoms with Crippen LogP contribution < -0.4 is 4.74 Å². The van der Waals surface area contributed by atoms with Crippen LogP contribution in [0, 0.1) is 21.4 Å². The van der Waals surface area contributed by atoms with E-state index >= 15 is 0 Å². The maximum atomic E-state index is 12.6. The van der Waals surface area contributed by atoms with E-state index < -0.39 is 16.1 Å². The molecule has 0 radical (unpaired) electrons. The molecule has 0 aliphatic carbocycles. The van der Waals surface area contributed by atoms with E-state index in [0.29, 0.717) is 12.7 Å². The Morgan fingerprint density at radius 3 is 2.04 bits per heavy atom. The van der Waals surface area contributed by atoms with Crippen molar-refractivity contribution in [2.75, 3.05) is 0 Å². The van der Waals surface area contributed by atoms with Crippen molar-refractivity contribution in [3.63, 3.8) is 0 Å². The van der Waals surface area contributed by atoms with Crippen molar-refractivity contribution in [2.45, 2.75) is 4.90 Å². The number of rotatable bonds is 3. The lowest BCUT2D eigenvalue weighted by Crippen LogP contribution is -2.15. The van der Waals surface area contributed by atoms with Gasteiger partial charge in [0.2, 0.25) is 0 Å². The molecule has 0 saturated carbocycles. The Kier molecular flexibility index (Phi) is 8.77. The molecule has 2 aromatic carbocycles. The lowest BCUT2D eigenvalue weighted by molar-refractivity contribution is 0.0730. The van der Waals surface area contributed by atoms with Crippen LogP contribution in [0.4, 0.5) is 0 Å². The van der Waals surface area contributed by atoms with Gasteiger partial charge in [-0.25, -0.2) is 4.79 Å². The first-order chi connectivity index (χ1) is 11.4. The SMILES string of the molecule is O=C(Oc1c(I)cc(I)c(S(=O)(=O)O)c1I)c1cc(I)cc(I)c1I. The van der Waals surface area contributed by atoms with Crippen molar-refractivity contribution >= 4 is 152 Å². The number of esters is 1. The van der Waals surface area contributed by atoms with Crippen LogP contribution in [-0.2, 0) is 10.1 Å². The molecule has 25 heavy (non-hydrogen) atoms. The minimum absolute atomic E-state index is 0.115. The molecule has 0 heterocycles. The summed E-state index contributed by atoms with van der Waals surface area (Å²) in [4.78, 5) is 12.4. The number of hydrogen-bond acceptors (Lipinski definition) is 4. The van der Waals surface area contributed by atoms with Crippen molar-refractivity contribution < 1.29 is 22.5 Å². The fourth-order valence-corrected chi connectivity index (χ4v) is 10.00. The first-order valence-electron chi connectivity index (χ1n) is 5.95. The van der Waals surface area contributed by atoms with E-state index in [0.717, 1.165) is 10.7 Å². The van der Waals surface area contributed by atoms with Gasteiger partial charge in [-0.3, -0.25) is 4.55 Å². The van der Waals surface area contributed by atoms with Crippen LogP contribution in [0.25, 0.3) is 0 Å². The van der Waals surface area contributed by atoms with Gasteiger partial charge in [0.1, 0.15) is 4.90 Å². The number of ether oxygens (including phenoxy) is 1. The van der Waals surface area contributed by atoms with Crippen LogP contribution >= 0.6 is 136 Å². The van der Waals surface area contributed by atoms with Gasteiger partial charge in [-0.15, -0.1) is 0 Å². The molecule has 2 aromatic rings. The van der Waals surface area contributed by atoms with Gasteiger partial charge in [-0.05, 0) is 154 Å². The monoisotopic (exact) mass is 1030 g/mol. The number of hydrogen-bond donors (Lipinski definition) is 1. The normalized spacial score (nSPS) is 11.5. The predicted octanol–water partition coefficient (Wildman–Crippen LogP) is 5.78. The summed E-state index contributed by atoms with van der Waals surface area (Å²) in [5.74, 6) is -0.469. The second-order valence-electron chi connectivity index (χ2n) is 4.43. The molecule has 0 unspecified atom stereocenters. The fourth-order valence-electron chi connectivity index (χ4n) is 1.74. The van der Waals surface area contributed by atoms with Gasteiger partial charge in [0.15, 0.2) is 5.75 Å². The van der Waals surface area contributed by atoms with Crippen LogP contribution in [0.2, 0.25) is 0 Å². The van der Waals surface area contributed by atoms with Crippen molar-refractivity contribution in [2.24, 2.45) is 0 Å². The van der Waals surface area contributed by atoms with Gasteiger partial charge in [0.05, 0.1) is 12.7 Å². The highest BCUT2D eigenvalue weighted by atomic mass is 127. The molecule has 0 aromatic heterocycles. The van der Waals surface area contributed by atoms with Gasteiger partial charge >= 0.3 is 5.97 Å². The van der Waals surface area contributed by atoms with Crippen molar-refractivity contribution in [3.05, 3.63) is 45.2 Å². The maximum absolute atomic E-state index is 12.6. The summed E-state index contributed by atoms with van der Waals surface area (Å²) in [6.07, 6.45) is 0. The third-order valence-electron chi connectivity index (χ3n) is 2.75. The molecule has 1 N–H and O–H groups in total. The van der Waals surface area contributed by atoms with Crippen molar-refractivity contribution in [1.82, 2.24) is 0 Å². The molecule has 5 nitrogen and oxygen atoms in total. The molecule has 0 fully saturated rings. The molecule has 0 spiro atoms. The van der Waals surface area contributed by atoms with Gasteiger partial charge in [-0.2, -0.15) is 8.42 Å². The quantitative estimate of drug-likeness (QED) is 0.139. The number of halogens is 6. The molecular formula is C13H4I6O5S. The molecule has 0 amide bonds. The Hall–Kier alpha value is 2.20. The van der Waals surface area contributed by atoms with Crippen LogP contribution in [0.5, 0.6) is 5.75 Å². The zero-order valence-electron chi connectivity index (χ0n) is 11.5. The summed E-state index contributed by atoms with van der Waals surface area (Å²) in [7, 11) is -4.44. The third-order valence-corrected chi connectivity index (χ3v) is 10.8. The Labute approximate surface area is 225 Å². The molecule has 2 rings (SSSR count). The van der Waals surface area contributed by atoms with Crippen molar-refractivity contribution in [1.29, 1.82) is 0 Å². The van der Waals surface area contributed by atoms with E-state index in [1.807, 2.05) is 51.2 Å². The van der Waals surface area contributed by atoms with Gasteiger partial charge in [0, 0.05) is 14.3 Å². The van der Waals surface area contributed by atoms with Crippen LogP contribution in [0.3, 0.4) is 0 Å². The molecule has 0 aliphatic rings. The van der Waals surface area contributed by atoms with Crippen LogP contribution in [-0.4, -0.2) is 18.9 Å². The van der Waals surface area contributed by atoms with E-state index in [4.69, 9.17) is 4.74 Å². The van der Waals surface area contributed by atoms with Crippen LogP contribution in [0.15, 0.2) is 23.1 Å². The number of benzene rings is 2. The smallest absolute Gasteiger partial charge is 0.344 e. The predicted molar refractivity (Wildman–Crippen MR) is 144 cm³/mol. The average molecular weight is 1030 g/mol. The minimum Gasteiger partial charge on any atom is -0.421 e. The van der Waals surface area contributed by atoms with Gasteiger partial charge in [0.25, 0.3) is 10.1 Å². The molecule has 0 aliphatic heterocycles. The zero-order valence-corrected chi connectivity index (χ0v) is 25.2. The highest BCUT2D eigenvalue weighted by molar-refractivity contribution is 14.1. The Balaban J connectivity index is 2.57. The molecule has 12 heteroatoms. The summed E-state index contributed by atoms with van der Waals surface area (Å²) >= 11 is 11.9. The first kappa shape index (κ1) is 23.5. The lowest BCUT2D eigenvalue weighted by atomic mass is 10.2. The maximum Gasteiger partial charge on any atom is 0.344 e. The first-order valence-corrected chi connectivity index (χ1v) is 13.9. The second-order valence-corrected chi connectivity index (χ2v) is 12.7. The lowest BCUT2D eigenvalue weighted by Gasteiger charge is -2.14. The summed E-state index contributed by atoms with van der Waals surface area (Å²) < 4.78 is 41.9. The molecule has 0 saturated heterocycles. The van der Waals surface area contributed by atoms with Gasteiger partial charge < -0.3 is 4.74 Å². The average Bonchev–Trinajstić information content (AvgIpc) is 2.45. The van der Waals surface area contributed by atoms with Crippen LogP contribution in [0.1, 0.15) is 10.4 Å². The van der Waals surface area contributed by atoms with E-state index in [9.17, 15) is 17.8 Å². The molecule has 0 bridgehead atoms. The van der Waals surface area contributed by atoms with Crippen molar-refractivity contribution in [3.8, 4) is 5.75 Å². The van der Waals surface area contributed by atoms with Gasteiger partial charge in [-0.1, -0.05) is 0 Å². The van der Waals surface area contributed by atoms with E-state index in [2.05, 4.69) is 67.8 Å². The highest BCUT2D eigenvalue weighted by Crippen LogP contribution is 2.36. The summed E-state index contributed by atoms with van der Waals surface area (Å²) in [5, 5.41) is 0. The van der Waals surface area contributed by atoms with E-state index in [-0.39, 0.29) is 14.2 Å². The largest absolute Gasteiger partial charge is 0.421 e. The second kappa shape index (κ2) is 9.34. The number of carbonyl (C=O) groups excluding carboxylic acids is 1. The zero-order chi connectivity index (χ0) is 19.1. The molecule has 134 valence electrons. The highest BCUT2D eigenvalue weighted by Gasteiger charge is 2.26. The minimum atomic E-state index is -4.44.